The molecule has 0 saturated carbocycles. The largest absolute Gasteiger partial charge is 0.459 e. The zero-order valence-electron chi connectivity index (χ0n) is 9.34. The van der Waals surface area contributed by atoms with Crippen molar-refractivity contribution >= 4 is 5.97 Å². The molecule has 2 heterocycles. The molecule has 2 N–H and O–H groups in total. The molecule has 9 nitrogen and oxygen atoms in total. The highest BCUT2D eigenvalue weighted by Gasteiger charge is 2.07. The summed E-state index contributed by atoms with van der Waals surface area (Å²) in [6.07, 6.45) is 2.64. The number of ether oxygens (including phenoxy) is 1. The first-order valence-electron chi connectivity index (χ1n) is 4.93. The summed E-state index contributed by atoms with van der Waals surface area (Å²) in [5, 5.41) is 7.41. The first-order chi connectivity index (χ1) is 8.56. The Bertz CT molecular complexity index is 683. The zero-order valence-corrected chi connectivity index (χ0v) is 9.34. The van der Waals surface area contributed by atoms with Crippen LogP contribution in [0.15, 0.2) is 22.0 Å². The van der Waals surface area contributed by atoms with Crippen LogP contribution in [0.1, 0.15) is 12.6 Å². The Balaban J connectivity index is 2.26. The van der Waals surface area contributed by atoms with Crippen molar-refractivity contribution in [2.45, 2.75) is 13.5 Å². The van der Waals surface area contributed by atoms with Gasteiger partial charge in [0.1, 0.15) is 18.0 Å². The van der Waals surface area contributed by atoms with E-state index in [0.717, 1.165) is 0 Å². The molecule has 94 valence electrons. The summed E-state index contributed by atoms with van der Waals surface area (Å²) in [5.41, 5.74) is -0.710. The van der Waals surface area contributed by atoms with Crippen LogP contribution < -0.4 is 11.2 Å². The van der Waals surface area contributed by atoms with Gasteiger partial charge in [-0.05, 0) is 0 Å². The lowest BCUT2D eigenvalue weighted by Gasteiger charge is -1.97. The van der Waals surface area contributed by atoms with Gasteiger partial charge in [-0.3, -0.25) is 14.6 Å². The number of hydrogen-bond donors (Lipinski definition) is 2. The van der Waals surface area contributed by atoms with Crippen molar-refractivity contribution in [2.75, 3.05) is 0 Å². The van der Waals surface area contributed by atoms with Crippen molar-refractivity contribution in [3.8, 4) is 5.69 Å². The average molecular weight is 251 g/mol. The summed E-state index contributed by atoms with van der Waals surface area (Å²) in [7, 11) is 0. The molecule has 0 aromatic carbocycles. The van der Waals surface area contributed by atoms with Crippen molar-refractivity contribution < 1.29 is 9.53 Å². The Morgan fingerprint density at radius 3 is 2.94 bits per heavy atom. The molecular formula is C9H9N5O4. The van der Waals surface area contributed by atoms with E-state index in [1.54, 1.807) is 0 Å². The Morgan fingerprint density at radius 1 is 1.50 bits per heavy atom. The molecule has 2 rings (SSSR count). The van der Waals surface area contributed by atoms with E-state index in [9.17, 15) is 14.4 Å². The first-order valence-corrected chi connectivity index (χ1v) is 4.93. The Morgan fingerprint density at radius 2 is 2.28 bits per heavy atom. The smallest absolute Gasteiger partial charge is 0.325 e. The first kappa shape index (κ1) is 11.8. The van der Waals surface area contributed by atoms with Crippen molar-refractivity contribution in [3.05, 3.63) is 38.9 Å². The van der Waals surface area contributed by atoms with E-state index in [-0.39, 0.29) is 12.3 Å². The maximum absolute atomic E-state index is 11.5. The van der Waals surface area contributed by atoms with Gasteiger partial charge >= 0.3 is 11.7 Å². The van der Waals surface area contributed by atoms with E-state index in [1.807, 2.05) is 0 Å². The number of hydrogen-bond acceptors (Lipinski definition) is 6. The monoisotopic (exact) mass is 251 g/mol. The molecule has 0 aliphatic rings. The molecule has 2 aromatic heterocycles. The number of nitrogens with zero attached hydrogens (tertiary/aromatic N) is 3. The fourth-order valence-electron chi connectivity index (χ4n) is 1.23. The second kappa shape index (κ2) is 4.65. The van der Waals surface area contributed by atoms with Crippen LogP contribution in [0, 0.1) is 0 Å². The number of nitrogens with one attached hydrogen (secondary N) is 2. The van der Waals surface area contributed by atoms with Crippen LogP contribution in [0.3, 0.4) is 0 Å². The van der Waals surface area contributed by atoms with Crippen LogP contribution >= 0.6 is 0 Å². The lowest BCUT2D eigenvalue weighted by Crippen LogP contribution is -2.25. The predicted molar refractivity (Wildman–Crippen MR) is 58.1 cm³/mol. The van der Waals surface area contributed by atoms with Crippen molar-refractivity contribution in [1.29, 1.82) is 0 Å². The molecular weight excluding hydrogens is 242 g/mol. The predicted octanol–water partition coefficient (Wildman–Crippen LogP) is -1.29. The summed E-state index contributed by atoms with van der Waals surface area (Å²) in [5.74, 6) is -0.438. The van der Waals surface area contributed by atoms with E-state index in [1.165, 1.54) is 24.0 Å². The van der Waals surface area contributed by atoms with E-state index >= 15 is 0 Å². The lowest BCUT2D eigenvalue weighted by atomic mass is 10.5. The van der Waals surface area contributed by atoms with Gasteiger partial charge in [0.25, 0.3) is 5.56 Å². The summed E-state index contributed by atoms with van der Waals surface area (Å²) >= 11 is 0. The molecule has 0 saturated heterocycles. The molecule has 0 aliphatic carbocycles. The third-order valence-electron chi connectivity index (χ3n) is 2.01. The highest BCUT2D eigenvalue weighted by atomic mass is 16.5. The molecule has 2 aromatic rings. The van der Waals surface area contributed by atoms with Gasteiger partial charge in [0, 0.05) is 13.1 Å². The van der Waals surface area contributed by atoms with Gasteiger partial charge in [0.05, 0.1) is 6.20 Å². The Kier molecular flexibility index (Phi) is 3.04. The molecule has 0 unspecified atom stereocenters. The van der Waals surface area contributed by atoms with E-state index in [4.69, 9.17) is 4.74 Å². The maximum Gasteiger partial charge on any atom is 0.325 e. The second-order valence-corrected chi connectivity index (χ2v) is 3.39. The Hall–Kier alpha value is -2.71. The number of esters is 1. The zero-order chi connectivity index (χ0) is 13.1. The maximum atomic E-state index is 11.5. The van der Waals surface area contributed by atoms with Crippen molar-refractivity contribution in [1.82, 2.24) is 25.0 Å². The van der Waals surface area contributed by atoms with E-state index < -0.39 is 17.2 Å². The molecule has 0 bridgehead atoms. The van der Waals surface area contributed by atoms with Gasteiger partial charge in [-0.15, -0.1) is 5.10 Å². The van der Waals surface area contributed by atoms with Crippen LogP contribution in [-0.4, -0.2) is 30.9 Å². The van der Waals surface area contributed by atoms with Crippen LogP contribution in [0.4, 0.5) is 0 Å². The van der Waals surface area contributed by atoms with Gasteiger partial charge in [-0.2, -0.15) is 0 Å². The molecule has 0 spiro atoms. The number of aromatic amines is 2. The molecule has 0 atom stereocenters. The van der Waals surface area contributed by atoms with Gasteiger partial charge in [0.2, 0.25) is 0 Å². The molecule has 0 radical (unpaired) electrons. The van der Waals surface area contributed by atoms with Crippen molar-refractivity contribution in [2.24, 2.45) is 0 Å². The van der Waals surface area contributed by atoms with E-state index in [0.29, 0.717) is 5.69 Å². The van der Waals surface area contributed by atoms with Crippen LogP contribution in [0.2, 0.25) is 0 Å². The Labute approximate surface area is 99.4 Å². The van der Waals surface area contributed by atoms with Crippen LogP contribution in [-0.2, 0) is 16.1 Å². The summed E-state index contributed by atoms with van der Waals surface area (Å²) in [6.45, 7) is 1.24. The van der Waals surface area contributed by atoms with Gasteiger partial charge in [-0.25, -0.2) is 9.48 Å². The molecule has 9 heteroatoms. The number of rotatable bonds is 3. The van der Waals surface area contributed by atoms with Crippen LogP contribution in [0.5, 0.6) is 0 Å². The third kappa shape index (κ3) is 2.51. The fourth-order valence-corrected chi connectivity index (χ4v) is 1.23. The highest BCUT2D eigenvalue weighted by Crippen LogP contribution is 2.00. The molecule has 0 fully saturated rings. The number of carbonyl (C=O) groups is 1. The molecule has 0 amide bonds. The summed E-state index contributed by atoms with van der Waals surface area (Å²) in [4.78, 5) is 37.3. The highest BCUT2D eigenvalue weighted by molar-refractivity contribution is 5.65. The third-order valence-corrected chi connectivity index (χ3v) is 2.01. The average Bonchev–Trinajstić information content (AvgIpc) is 2.75. The quantitative estimate of drug-likeness (QED) is 0.654. The van der Waals surface area contributed by atoms with Gasteiger partial charge in [-0.1, -0.05) is 5.21 Å². The minimum Gasteiger partial charge on any atom is -0.459 e. The number of aromatic nitrogens is 5. The standard InChI is InChI=1S/C9H9N5O4/c1-5(15)18-4-6-3-14(13-12-6)7-2-10-9(17)11-8(7)16/h2-3H,4H2,1H3,(H2,10,11,16,17). The normalized spacial score (nSPS) is 10.3. The van der Waals surface area contributed by atoms with Gasteiger partial charge < -0.3 is 9.72 Å². The SMILES string of the molecule is CC(=O)OCc1cn(-c2c[nH]c(=O)[nH]c2=O)nn1. The molecule has 18 heavy (non-hydrogen) atoms. The molecule has 0 aliphatic heterocycles. The second-order valence-electron chi connectivity index (χ2n) is 3.39. The topological polar surface area (TPSA) is 123 Å². The minimum atomic E-state index is -0.607. The van der Waals surface area contributed by atoms with E-state index in [2.05, 4.69) is 20.3 Å². The summed E-state index contributed by atoms with van der Waals surface area (Å²) in [6, 6.07) is 0. The summed E-state index contributed by atoms with van der Waals surface area (Å²) < 4.78 is 5.90. The lowest BCUT2D eigenvalue weighted by molar-refractivity contribution is -0.142. The number of carbonyl (C=O) groups excluding carboxylic acids is 1. The fraction of sp³-hybridized carbons (Fsp3) is 0.222. The minimum absolute atomic E-state index is 0.0312. The van der Waals surface area contributed by atoms with Gasteiger partial charge in [0.15, 0.2) is 0 Å². The van der Waals surface area contributed by atoms with Crippen molar-refractivity contribution in [3.63, 3.8) is 0 Å². The number of H-pyrrole nitrogens is 2. The van der Waals surface area contributed by atoms with Crippen LogP contribution in [0.25, 0.3) is 5.69 Å².